The van der Waals surface area contributed by atoms with Gasteiger partial charge in [0.25, 0.3) is 0 Å². The lowest BCUT2D eigenvalue weighted by Crippen LogP contribution is -2.48. The Morgan fingerprint density at radius 1 is 1.24 bits per heavy atom. The molecule has 1 aliphatic rings. The molecule has 0 saturated carbocycles. The Bertz CT molecular complexity index is 711. The van der Waals surface area contributed by atoms with Crippen LogP contribution in [0, 0.1) is 0 Å². The molecule has 1 fully saturated rings. The summed E-state index contributed by atoms with van der Waals surface area (Å²) in [6, 6.07) is 8.37. The monoisotopic (exact) mass is 362 g/mol. The van der Waals surface area contributed by atoms with Gasteiger partial charge in [-0.05, 0) is 30.5 Å². The standard InChI is InChI=1S/C18H23ClN4O2/c1-2-16-20-21-18(25-16)23-11-9-22(10-12-23)17(24)8-4-6-14-5-3-7-15(19)13-14/h3,5,7,13H,2,4,6,8-12H2,1H3. The number of aromatic nitrogens is 2. The van der Waals surface area contributed by atoms with Gasteiger partial charge in [-0.3, -0.25) is 4.79 Å². The Labute approximate surface area is 152 Å². The molecular weight excluding hydrogens is 340 g/mol. The summed E-state index contributed by atoms with van der Waals surface area (Å²) in [6.07, 6.45) is 3.00. The molecule has 1 aromatic carbocycles. The first-order valence-electron chi connectivity index (χ1n) is 8.75. The molecule has 2 heterocycles. The number of aryl methyl sites for hydroxylation is 2. The Hall–Kier alpha value is -2.08. The van der Waals surface area contributed by atoms with Crippen molar-refractivity contribution in [2.45, 2.75) is 32.6 Å². The Morgan fingerprint density at radius 3 is 2.72 bits per heavy atom. The molecule has 134 valence electrons. The zero-order valence-electron chi connectivity index (χ0n) is 14.4. The van der Waals surface area contributed by atoms with Gasteiger partial charge in [-0.15, -0.1) is 5.10 Å². The van der Waals surface area contributed by atoms with Crippen molar-refractivity contribution in [2.75, 3.05) is 31.1 Å². The molecule has 6 nitrogen and oxygen atoms in total. The van der Waals surface area contributed by atoms with E-state index in [4.69, 9.17) is 16.0 Å². The van der Waals surface area contributed by atoms with Crippen LogP contribution in [-0.4, -0.2) is 47.2 Å². The van der Waals surface area contributed by atoms with E-state index in [1.807, 2.05) is 41.0 Å². The molecule has 0 atom stereocenters. The van der Waals surface area contributed by atoms with Gasteiger partial charge in [0.2, 0.25) is 11.8 Å². The fourth-order valence-electron chi connectivity index (χ4n) is 2.96. The summed E-state index contributed by atoms with van der Waals surface area (Å²) in [6.45, 7) is 4.83. The van der Waals surface area contributed by atoms with Crippen LogP contribution in [0.2, 0.25) is 5.02 Å². The fraction of sp³-hybridized carbons (Fsp3) is 0.500. The molecule has 25 heavy (non-hydrogen) atoms. The molecule has 0 N–H and O–H groups in total. The van der Waals surface area contributed by atoms with E-state index in [9.17, 15) is 4.79 Å². The third-order valence-electron chi connectivity index (χ3n) is 4.41. The zero-order valence-corrected chi connectivity index (χ0v) is 15.2. The number of amides is 1. The summed E-state index contributed by atoms with van der Waals surface area (Å²) >= 11 is 5.99. The van der Waals surface area contributed by atoms with E-state index in [-0.39, 0.29) is 5.91 Å². The molecule has 1 aliphatic heterocycles. The van der Waals surface area contributed by atoms with Gasteiger partial charge in [-0.25, -0.2) is 0 Å². The van der Waals surface area contributed by atoms with Crippen molar-refractivity contribution in [1.82, 2.24) is 15.1 Å². The Kier molecular flexibility index (Phi) is 5.91. The summed E-state index contributed by atoms with van der Waals surface area (Å²) in [7, 11) is 0. The minimum absolute atomic E-state index is 0.210. The predicted octanol–water partition coefficient (Wildman–Crippen LogP) is 2.96. The van der Waals surface area contributed by atoms with Crippen LogP contribution >= 0.6 is 11.6 Å². The molecule has 1 aromatic heterocycles. The van der Waals surface area contributed by atoms with E-state index >= 15 is 0 Å². The van der Waals surface area contributed by atoms with Crippen LogP contribution in [0.1, 0.15) is 31.2 Å². The summed E-state index contributed by atoms with van der Waals surface area (Å²) in [5.74, 6) is 0.857. The first-order valence-corrected chi connectivity index (χ1v) is 9.13. The van der Waals surface area contributed by atoms with Crippen molar-refractivity contribution < 1.29 is 9.21 Å². The highest BCUT2D eigenvalue weighted by Crippen LogP contribution is 2.16. The number of piperazine rings is 1. The third kappa shape index (κ3) is 4.72. The van der Waals surface area contributed by atoms with E-state index in [2.05, 4.69) is 10.2 Å². The van der Waals surface area contributed by atoms with Crippen molar-refractivity contribution in [3.8, 4) is 0 Å². The van der Waals surface area contributed by atoms with Gasteiger partial charge in [-0.1, -0.05) is 35.8 Å². The summed E-state index contributed by atoms with van der Waals surface area (Å²) in [4.78, 5) is 16.3. The molecule has 2 aromatic rings. The highest BCUT2D eigenvalue weighted by Gasteiger charge is 2.23. The van der Waals surface area contributed by atoms with Gasteiger partial charge in [0.15, 0.2) is 0 Å². The van der Waals surface area contributed by atoms with Gasteiger partial charge in [0, 0.05) is 44.0 Å². The van der Waals surface area contributed by atoms with Crippen molar-refractivity contribution in [1.29, 1.82) is 0 Å². The molecule has 0 spiro atoms. The lowest BCUT2D eigenvalue weighted by Gasteiger charge is -2.33. The van der Waals surface area contributed by atoms with E-state index in [0.717, 1.165) is 37.4 Å². The highest BCUT2D eigenvalue weighted by molar-refractivity contribution is 6.30. The van der Waals surface area contributed by atoms with Gasteiger partial charge in [0.1, 0.15) is 0 Å². The largest absolute Gasteiger partial charge is 0.408 e. The molecule has 0 aliphatic carbocycles. The second kappa shape index (κ2) is 8.34. The minimum Gasteiger partial charge on any atom is -0.408 e. The third-order valence-corrected chi connectivity index (χ3v) is 4.64. The quantitative estimate of drug-likeness (QED) is 0.790. The number of carbonyl (C=O) groups excluding carboxylic acids is 1. The average molecular weight is 363 g/mol. The molecule has 7 heteroatoms. The number of halogens is 1. The number of anilines is 1. The van der Waals surface area contributed by atoms with Crippen molar-refractivity contribution in [3.05, 3.63) is 40.7 Å². The first kappa shape index (κ1) is 17.7. The smallest absolute Gasteiger partial charge is 0.318 e. The van der Waals surface area contributed by atoms with E-state index in [0.29, 0.717) is 31.4 Å². The second-order valence-electron chi connectivity index (χ2n) is 6.18. The van der Waals surface area contributed by atoms with Crippen molar-refractivity contribution >= 4 is 23.5 Å². The van der Waals surface area contributed by atoms with Crippen molar-refractivity contribution in [3.63, 3.8) is 0 Å². The average Bonchev–Trinajstić information content (AvgIpc) is 3.11. The van der Waals surface area contributed by atoms with Crippen LogP contribution in [-0.2, 0) is 17.6 Å². The topological polar surface area (TPSA) is 62.5 Å². The number of nitrogens with zero attached hydrogens (tertiary/aromatic N) is 4. The Balaban J connectivity index is 1.42. The maximum Gasteiger partial charge on any atom is 0.318 e. The minimum atomic E-state index is 0.210. The van der Waals surface area contributed by atoms with Crippen molar-refractivity contribution in [2.24, 2.45) is 0 Å². The molecular formula is C18H23ClN4O2. The van der Waals surface area contributed by atoms with Crippen LogP contribution in [0.3, 0.4) is 0 Å². The molecule has 3 rings (SSSR count). The lowest BCUT2D eigenvalue weighted by atomic mass is 10.1. The lowest BCUT2D eigenvalue weighted by molar-refractivity contribution is -0.131. The molecule has 1 saturated heterocycles. The Morgan fingerprint density at radius 2 is 2.04 bits per heavy atom. The zero-order chi connectivity index (χ0) is 17.6. The summed E-state index contributed by atoms with van der Waals surface area (Å²) < 4.78 is 5.58. The van der Waals surface area contributed by atoms with E-state index in [1.165, 1.54) is 5.56 Å². The summed E-state index contributed by atoms with van der Waals surface area (Å²) in [5, 5.41) is 8.80. The summed E-state index contributed by atoms with van der Waals surface area (Å²) in [5.41, 5.74) is 1.17. The van der Waals surface area contributed by atoms with Crippen LogP contribution in [0.4, 0.5) is 6.01 Å². The van der Waals surface area contributed by atoms with Gasteiger partial charge in [0.05, 0.1) is 0 Å². The number of hydrogen-bond acceptors (Lipinski definition) is 5. The van der Waals surface area contributed by atoms with Gasteiger partial charge in [-0.2, -0.15) is 0 Å². The maximum atomic E-state index is 12.4. The van der Waals surface area contributed by atoms with Crippen LogP contribution in [0.15, 0.2) is 28.7 Å². The SMILES string of the molecule is CCc1nnc(N2CCN(C(=O)CCCc3cccc(Cl)c3)CC2)o1. The normalized spacial score (nSPS) is 14.8. The number of benzene rings is 1. The molecule has 0 unspecified atom stereocenters. The highest BCUT2D eigenvalue weighted by atomic mass is 35.5. The van der Waals surface area contributed by atoms with E-state index < -0.39 is 0 Å². The molecule has 0 bridgehead atoms. The number of rotatable bonds is 6. The first-order chi connectivity index (χ1) is 12.2. The number of hydrogen-bond donors (Lipinski definition) is 0. The predicted molar refractivity (Wildman–Crippen MR) is 96.9 cm³/mol. The molecule has 0 radical (unpaired) electrons. The number of carbonyl (C=O) groups is 1. The maximum absolute atomic E-state index is 12.4. The van der Waals surface area contributed by atoms with Gasteiger partial charge < -0.3 is 14.2 Å². The van der Waals surface area contributed by atoms with Gasteiger partial charge >= 0.3 is 6.01 Å². The fourth-order valence-corrected chi connectivity index (χ4v) is 3.17. The van der Waals surface area contributed by atoms with E-state index in [1.54, 1.807) is 0 Å². The van der Waals surface area contributed by atoms with Crippen LogP contribution < -0.4 is 4.90 Å². The van der Waals surface area contributed by atoms with Crippen LogP contribution in [0.25, 0.3) is 0 Å². The molecule has 1 amide bonds. The second-order valence-corrected chi connectivity index (χ2v) is 6.62. The van der Waals surface area contributed by atoms with Crippen LogP contribution in [0.5, 0.6) is 0 Å².